The second-order valence-electron chi connectivity index (χ2n) is 2.44. The minimum absolute atomic E-state index is 0.331. The molecule has 0 unspecified atom stereocenters. The number of rotatable bonds is 2. The second-order valence-corrected chi connectivity index (χ2v) is 3.98. The third kappa shape index (κ3) is 1.64. The first-order valence-electron chi connectivity index (χ1n) is 3.54. The Labute approximate surface area is 83.4 Å². The van der Waals surface area contributed by atoms with Crippen LogP contribution in [0.15, 0.2) is 17.6 Å². The average molecular weight is 213 g/mol. The van der Waals surface area contributed by atoms with Crippen LogP contribution < -0.4 is 0 Å². The molecule has 0 amide bonds. The number of nitrogens with one attached hydrogen (secondary N) is 1. The number of thiophene rings is 1. The summed E-state index contributed by atoms with van der Waals surface area (Å²) in [5, 5.41) is 1.91. The number of halogens is 1. The fraction of sp³-hybridized carbons (Fsp3) is 0. The predicted octanol–water partition coefficient (Wildman–Crippen LogP) is 2.60. The van der Waals surface area contributed by atoms with Crippen molar-refractivity contribution in [2.75, 3.05) is 0 Å². The highest BCUT2D eigenvalue weighted by molar-refractivity contribution is 7.14. The number of hydrogen-bond acceptors (Lipinski definition) is 3. The summed E-state index contributed by atoms with van der Waals surface area (Å²) in [4.78, 5) is 17.1. The highest BCUT2D eigenvalue weighted by atomic mass is 35.5. The van der Waals surface area contributed by atoms with Crippen LogP contribution >= 0.6 is 22.9 Å². The van der Waals surface area contributed by atoms with Gasteiger partial charge < -0.3 is 4.98 Å². The first-order chi connectivity index (χ1) is 6.29. The largest absolute Gasteiger partial charge is 0.336 e. The molecular weight excluding hydrogens is 208 g/mol. The lowest BCUT2D eigenvalue weighted by Gasteiger charge is -1.87. The molecule has 0 fully saturated rings. The van der Waals surface area contributed by atoms with Crippen LogP contribution in [-0.2, 0) is 0 Å². The van der Waals surface area contributed by atoms with Gasteiger partial charge in [-0.15, -0.1) is 11.3 Å². The molecule has 0 spiro atoms. The minimum atomic E-state index is 0.331. The minimum Gasteiger partial charge on any atom is -0.336 e. The van der Waals surface area contributed by atoms with Crippen molar-refractivity contribution in [1.29, 1.82) is 0 Å². The fourth-order valence-corrected chi connectivity index (χ4v) is 1.88. The monoisotopic (exact) mass is 212 g/mol. The van der Waals surface area contributed by atoms with Crippen LogP contribution in [0.25, 0.3) is 11.3 Å². The van der Waals surface area contributed by atoms with Crippen LogP contribution in [0.4, 0.5) is 0 Å². The Hall–Kier alpha value is -1.13. The zero-order chi connectivity index (χ0) is 9.26. The van der Waals surface area contributed by atoms with Crippen molar-refractivity contribution >= 4 is 29.2 Å². The van der Waals surface area contributed by atoms with Gasteiger partial charge in [-0.1, -0.05) is 11.6 Å². The first kappa shape index (κ1) is 8.47. The number of nitrogens with zero attached hydrogens (tertiary/aromatic N) is 1. The van der Waals surface area contributed by atoms with Crippen LogP contribution in [0.1, 0.15) is 10.6 Å². The van der Waals surface area contributed by atoms with E-state index in [9.17, 15) is 4.79 Å². The van der Waals surface area contributed by atoms with Crippen molar-refractivity contribution in [1.82, 2.24) is 9.97 Å². The van der Waals surface area contributed by atoms with Crippen LogP contribution in [0, 0.1) is 0 Å². The molecule has 0 aromatic carbocycles. The summed E-state index contributed by atoms with van der Waals surface area (Å²) in [5.74, 6) is 0.331. The van der Waals surface area contributed by atoms with E-state index in [1.165, 1.54) is 11.3 Å². The van der Waals surface area contributed by atoms with Gasteiger partial charge in [0.2, 0.25) is 0 Å². The van der Waals surface area contributed by atoms with Gasteiger partial charge >= 0.3 is 0 Å². The van der Waals surface area contributed by atoms with E-state index in [1.54, 1.807) is 6.20 Å². The van der Waals surface area contributed by atoms with E-state index in [1.807, 2.05) is 11.4 Å². The zero-order valence-corrected chi connectivity index (χ0v) is 8.02. The van der Waals surface area contributed by atoms with E-state index in [-0.39, 0.29) is 0 Å². The molecule has 0 radical (unpaired) electrons. The van der Waals surface area contributed by atoms with E-state index >= 15 is 0 Å². The lowest BCUT2D eigenvalue weighted by molar-refractivity contribution is 0.111. The molecule has 3 nitrogen and oxygen atoms in total. The molecule has 66 valence electrons. The molecule has 5 heteroatoms. The Morgan fingerprint density at radius 1 is 1.62 bits per heavy atom. The number of hydrogen-bond donors (Lipinski definition) is 1. The van der Waals surface area contributed by atoms with Crippen molar-refractivity contribution < 1.29 is 4.79 Å². The van der Waals surface area contributed by atoms with Crippen molar-refractivity contribution in [2.45, 2.75) is 0 Å². The molecule has 13 heavy (non-hydrogen) atoms. The van der Waals surface area contributed by atoms with Crippen molar-refractivity contribution in [3.05, 3.63) is 27.8 Å². The Balaban J connectivity index is 2.40. The lowest BCUT2D eigenvalue weighted by atomic mass is 10.3. The van der Waals surface area contributed by atoms with Gasteiger partial charge in [0.25, 0.3) is 0 Å². The molecule has 2 heterocycles. The Morgan fingerprint density at radius 2 is 2.46 bits per heavy atom. The van der Waals surface area contributed by atoms with Crippen molar-refractivity contribution in [2.24, 2.45) is 0 Å². The van der Waals surface area contributed by atoms with Crippen LogP contribution in [0.2, 0.25) is 4.34 Å². The molecular formula is C8H5ClN2OS. The van der Waals surface area contributed by atoms with E-state index in [0.717, 1.165) is 15.6 Å². The molecule has 0 saturated heterocycles. The van der Waals surface area contributed by atoms with Crippen molar-refractivity contribution in [3.8, 4) is 11.3 Å². The summed E-state index contributed by atoms with van der Waals surface area (Å²) in [7, 11) is 0. The van der Waals surface area contributed by atoms with Gasteiger partial charge in [0.15, 0.2) is 12.1 Å². The fourth-order valence-electron chi connectivity index (χ4n) is 0.995. The first-order valence-corrected chi connectivity index (χ1v) is 4.80. The third-order valence-electron chi connectivity index (χ3n) is 1.59. The van der Waals surface area contributed by atoms with Gasteiger partial charge in [0, 0.05) is 10.9 Å². The maximum absolute atomic E-state index is 10.3. The van der Waals surface area contributed by atoms with Gasteiger partial charge in [0.05, 0.1) is 16.2 Å². The zero-order valence-electron chi connectivity index (χ0n) is 6.45. The van der Waals surface area contributed by atoms with Crippen LogP contribution in [-0.4, -0.2) is 16.3 Å². The molecule has 0 aliphatic carbocycles. The predicted molar refractivity (Wildman–Crippen MR) is 52.3 cm³/mol. The van der Waals surface area contributed by atoms with Crippen LogP contribution in [0.3, 0.4) is 0 Å². The maximum atomic E-state index is 10.3. The van der Waals surface area contributed by atoms with E-state index in [2.05, 4.69) is 9.97 Å². The maximum Gasteiger partial charge on any atom is 0.185 e. The number of carbonyl (C=O) groups is 1. The molecule has 0 bridgehead atoms. The number of imidazole rings is 1. The summed E-state index contributed by atoms with van der Waals surface area (Å²) < 4.78 is 0.720. The number of aromatic amines is 1. The summed E-state index contributed by atoms with van der Waals surface area (Å²) in [6.45, 7) is 0. The number of aldehydes is 1. The van der Waals surface area contributed by atoms with Crippen LogP contribution in [0.5, 0.6) is 0 Å². The van der Waals surface area contributed by atoms with Gasteiger partial charge in [0.1, 0.15) is 0 Å². The third-order valence-corrected chi connectivity index (χ3v) is 2.68. The van der Waals surface area contributed by atoms with Gasteiger partial charge in [-0.3, -0.25) is 4.79 Å². The quantitative estimate of drug-likeness (QED) is 0.778. The molecule has 1 N–H and O–H groups in total. The molecule has 2 aromatic heterocycles. The normalized spacial score (nSPS) is 10.2. The lowest BCUT2D eigenvalue weighted by Crippen LogP contribution is -1.80. The van der Waals surface area contributed by atoms with E-state index < -0.39 is 0 Å². The average Bonchev–Trinajstić information content (AvgIpc) is 2.71. The molecule has 0 aliphatic heterocycles. The van der Waals surface area contributed by atoms with Crippen molar-refractivity contribution in [3.63, 3.8) is 0 Å². The van der Waals surface area contributed by atoms with E-state index in [4.69, 9.17) is 11.6 Å². The number of carbonyl (C=O) groups excluding carboxylic acids is 1. The Morgan fingerprint density at radius 3 is 3.00 bits per heavy atom. The summed E-state index contributed by atoms with van der Waals surface area (Å²) in [6.07, 6.45) is 2.29. The van der Waals surface area contributed by atoms with Gasteiger partial charge in [-0.2, -0.15) is 0 Å². The summed E-state index contributed by atoms with van der Waals surface area (Å²) in [6, 6.07) is 1.83. The highest BCUT2D eigenvalue weighted by Gasteiger charge is 2.04. The Kier molecular flexibility index (Phi) is 2.16. The number of aromatic nitrogens is 2. The van der Waals surface area contributed by atoms with Gasteiger partial charge in [-0.25, -0.2) is 4.98 Å². The van der Waals surface area contributed by atoms with Gasteiger partial charge in [-0.05, 0) is 6.07 Å². The topological polar surface area (TPSA) is 45.8 Å². The SMILES string of the molecule is O=Cc1ncc(-c2csc(Cl)c2)[nH]1. The standard InChI is InChI=1S/C8H5ClN2OS/c9-7-1-5(4-13-7)6-2-10-8(3-12)11-6/h1-4H,(H,10,11). The molecule has 2 rings (SSSR count). The molecule has 0 aliphatic rings. The molecule has 2 aromatic rings. The van der Waals surface area contributed by atoms with E-state index in [0.29, 0.717) is 12.1 Å². The molecule has 0 atom stereocenters. The highest BCUT2D eigenvalue weighted by Crippen LogP contribution is 2.27. The second kappa shape index (κ2) is 3.32. The summed E-state index contributed by atoms with van der Waals surface area (Å²) >= 11 is 7.21. The summed E-state index contributed by atoms with van der Waals surface area (Å²) in [5.41, 5.74) is 1.76. The Bertz CT molecular complexity index is 435. The molecule has 0 saturated carbocycles. The number of H-pyrrole nitrogens is 1. The smallest absolute Gasteiger partial charge is 0.185 e.